The summed E-state index contributed by atoms with van der Waals surface area (Å²) in [5, 5.41) is 23.5. The topological polar surface area (TPSA) is 126 Å². The van der Waals surface area contributed by atoms with Crippen molar-refractivity contribution in [3.05, 3.63) is 73.0 Å². The van der Waals surface area contributed by atoms with Gasteiger partial charge in [0.2, 0.25) is 5.13 Å². The summed E-state index contributed by atoms with van der Waals surface area (Å²) in [5.74, 6) is 0.0386. The third-order valence-electron chi connectivity index (χ3n) is 4.13. The number of nitrogens with zero attached hydrogens (tertiary/aromatic N) is 4. The first-order valence-electron chi connectivity index (χ1n) is 8.62. The van der Waals surface area contributed by atoms with Crippen LogP contribution in [0.3, 0.4) is 0 Å². The van der Waals surface area contributed by atoms with Gasteiger partial charge in [-0.25, -0.2) is 9.78 Å². The molecule has 0 aliphatic heterocycles. The minimum Gasteiger partial charge on any atom is -0.507 e. The second kappa shape index (κ2) is 7.73. The maximum atomic E-state index is 12.8. The van der Waals surface area contributed by atoms with Gasteiger partial charge < -0.3 is 9.52 Å². The summed E-state index contributed by atoms with van der Waals surface area (Å²) in [5.41, 5.74) is 0.130. The normalized spacial score (nSPS) is 11.4. The molecule has 0 unspecified atom stereocenters. The molecule has 0 aliphatic rings. The van der Waals surface area contributed by atoms with Crippen LogP contribution in [0, 0.1) is 13.8 Å². The number of rotatable bonds is 4. The van der Waals surface area contributed by atoms with Crippen molar-refractivity contribution >= 4 is 34.3 Å². The van der Waals surface area contributed by atoms with Gasteiger partial charge in [0.15, 0.2) is 5.69 Å². The SMILES string of the molecule is Cc1cc(O)c(-c2csc(-n3[nH]c(C)c(N=Nc4ccc(Cl)cc4)c3=O)n2)c(=O)o1. The van der Waals surface area contributed by atoms with Gasteiger partial charge in [-0.2, -0.15) is 9.80 Å². The fourth-order valence-electron chi connectivity index (χ4n) is 2.72. The molecule has 1 aromatic carbocycles. The van der Waals surface area contributed by atoms with Gasteiger partial charge in [0.25, 0.3) is 0 Å². The molecule has 3 aromatic heterocycles. The largest absolute Gasteiger partial charge is 0.507 e. The van der Waals surface area contributed by atoms with Crippen LogP contribution in [-0.2, 0) is 0 Å². The maximum Gasteiger partial charge on any atom is 0.349 e. The number of azo groups is 1. The third-order valence-corrected chi connectivity index (χ3v) is 5.20. The van der Waals surface area contributed by atoms with E-state index in [2.05, 4.69) is 20.3 Å². The Morgan fingerprint density at radius 3 is 2.63 bits per heavy atom. The molecule has 2 N–H and O–H groups in total. The lowest BCUT2D eigenvalue weighted by Crippen LogP contribution is -2.14. The number of nitrogens with one attached hydrogen (secondary N) is 1. The molecule has 0 amide bonds. The highest BCUT2D eigenvalue weighted by molar-refractivity contribution is 7.12. The van der Waals surface area contributed by atoms with Gasteiger partial charge in [-0.3, -0.25) is 9.89 Å². The number of hydrogen-bond acceptors (Lipinski definition) is 8. The van der Waals surface area contributed by atoms with Crippen molar-refractivity contribution in [1.29, 1.82) is 0 Å². The van der Waals surface area contributed by atoms with Gasteiger partial charge in [0, 0.05) is 16.5 Å². The molecule has 3 heterocycles. The number of benzene rings is 1. The van der Waals surface area contributed by atoms with E-state index in [-0.39, 0.29) is 33.6 Å². The standard InChI is InChI=1S/C19H14ClN5O4S/c1-9-7-14(26)15(18(28)29-9)13-8-30-19(21-13)25-17(27)16(10(2)24-25)23-22-12-5-3-11(20)4-6-12/h3-8,24,26H,1-2H3. The van der Waals surface area contributed by atoms with E-state index in [1.165, 1.54) is 10.7 Å². The van der Waals surface area contributed by atoms with Crippen molar-refractivity contribution in [2.24, 2.45) is 10.2 Å². The van der Waals surface area contributed by atoms with Gasteiger partial charge in [-0.15, -0.1) is 16.5 Å². The number of aryl methyl sites for hydroxylation is 2. The van der Waals surface area contributed by atoms with Crippen molar-refractivity contribution in [2.45, 2.75) is 13.8 Å². The molecule has 0 atom stereocenters. The molecule has 0 spiro atoms. The van der Waals surface area contributed by atoms with Crippen molar-refractivity contribution < 1.29 is 9.52 Å². The van der Waals surface area contributed by atoms with Gasteiger partial charge >= 0.3 is 11.2 Å². The molecular formula is C19H14ClN5O4S. The predicted octanol–water partition coefficient (Wildman–Crippen LogP) is 4.63. The molecule has 0 bridgehead atoms. The zero-order valence-electron chi connectivity index (χ0n) is 15.7. The molecule has 0 fully saturated rings. The first-order valence-corrected chi connectivity index (χ1v) is 9.88. The summed E-state index contributed by atoms with van der Waals surface area (Å²) in [4.78, 5) is 29.2. The zero-order chi connectivity index (χ0) is 21.4. The monoisotopic (exact) mass is 443 g/mol. The first-order chi connectivity index (χ1) is 14.3. The summed E-state index contributed by atoms with van der Waals surface area (Å²) in [6.07, 6.45) is 0. The number of halogens is 1. The summed E-state index contributed by atoms with van der Waals surface area (Å²) in [6, 6.07) is 8.03. The smallest absolute Gasteiger partial charge is 0.349 e. The number of H-pyrrole nitrogens is 1. The highest BCUT2D eigenvalue weighted by Gasteiger charge is 2.19. The van der Waals surface area contributed by atoms with E-state index in [1.807, 2.05) is 0 Å². The molecule has 0 aliphatic carbocycles. The number of aromatic nitrogens is 3. The van der Waals surface area contributed by atoms with Crippen molar-refractivity contribution in [1.82, 2.24) is 14.8 Å². The van der Waals surface area contributed by atoms with Crippen LogP contribution in [-0.4, -0.2) is 19.9 Å². The number of aromatic hydroxyl groups is 1. The fourth-order valence-corrected chi connectivity index (χ4v) is 3.62. The minimum atomic E-state index is -0.711. The average Bonchev–Trinajstić information content (AvgIpc) is 3.26. The quantitative estimate of drug-likeness (QED) is 0.444. The fraction of sp³-hybridized carbons (Fsp3) is 0.105. The highest BCUT2D eigenvalue weighted by atomic mass is 35.5. The molecule has 11 heteroatoms. The van der Waals surface area contributed by atoms with E-state index in [0.717, 1.165) is 11.3 Å². The third kappa shape index (κ3) is 3.70. The Morgan fingerprint density at radius 2 is 1.93 bits per heavy atom. The Kier molecular flexibility index (Phi) is 5.10. The molecule has 4 aromatic rings. The maximum absolute atomic E-state index is 12.8. The molecular weight excluding hydrogens is 430 g/mol. The van der Waals surface area contributed by atoms with E-state index >= 15 is 0 Å². The first kappa shape index (κ1) is 19.8. The predicted molar refractivity (Wildman–Crippen MR) is 113 cm³/mol. The van der Waals surface area contributed by atoms with E-state index in [0.29, 0.717) is 16.4 Å². The van der Waals surface area contributed by atoms with Crippen LogP contribution in [0.5, 0.6) is 5.75 Å². The van der Waals surface area contributed by atoms with Crippen LogP contribution in [0.15, 0.2) is 59.9 Å². The Morgan fingerprint density at radius 1 is 1.20 bits per heavy atom. The van der Waals surface area contributed by atoms with Crippen molar-refractivity contribution in [2.75, 3.05) is 0 Å². The van der Waals surface area contributed by atoms with E-state index in [9.17, 15) is 14.7 Å². The Labute approximate surface area is 177 Å². The lowest BCUT2D eigenvalue weighted by molar-refractivity contribution is 0.438. The molecule has 0 saturated carbocycles. The molecule has 0 saturated heterocycles. The summed E-state index contributed by atoms with van der Waals surface area (Å²) < 4.78 is 6.22. The molecule has 30 heavy (non-hydrogen) atoms. The van der Waals surface area contributed by atoms with Crippen molar-refractivity contribution in [3.8, 4) is 22.1 Å². The van der Waals surface area contributed by atoms with E-state index in [4.69, 9.17) is 16.0 Å². The van der Waals surface area contributed by atoms with Crippen LogP contribution in [0.4, 0.5) is 11.4 Å². The second-order valence-electron chi connectivity index (χ2n) is 6.32. The molecule has 4 rings (SSSR count). The van der Waals surface area contributed by atoms with E-state index in [1.54, 1.807) is 43.5 Å². The van der Waals surface area contributed by atoms with Crippen LogP contribution in [0.2, 0.25) is 5.02 Å². The Bertz CT molecular complexity index is 1380. The lowest BCUT2D eigenvalue weighted by Gasteiger charge is -2.00. The lowest BCUT2D eigenvalue weighted by atomic mass is 10.2. The van der Waals surface area contributed by atoms with Crippen LogP contribution < -0.4 is 11.2 Å². The summed E-state index contributed by atoms with van der Waals surface area (Å²) in [7, 11) is 0. The summed E-state index contributed by atoms with van der Waals surface area (Å²) >= 11 is 6.96. The van der Waals surface area contributed by atoms with Gasteiger partial charge in [-0.1, -0.05) is 11.6 Å². The molecule has 9 nitrogen and oxygen atoms in total. The Balaban J connectivity index is 1.70. The number of thiazole rings is 1. The zero-order valence-corrected chi connectivity index (χ0v) is 17.3. The van der Waals surface area contributed by atoms with Crippen LogP contribution >= 0.6 is 22.9 Å². The van der Waals surface area contributed by atoms with Crippen LogP contribution in [0.1, 0.15) is 11.5 Å². The van der Waals surface area contributed by atoms with Crippen molar-refractivity contribution in [3.63, 3.8) is 0 Å². The Hall–Kier alpha value is -3.50. The average molecular weight is 444 g/mol. The number of hydrogen-bond donors (Lipinski definition) is 2. The van der Waals surface area contributed by atoms with Gasteiger partial charge in [-0.05, 0) is 38.1 Å². The van der Waals surface area contributed by atoms with E-state index < -0.39 is 11.2 Å². The number of aromatic amines is 1. The molecule has 152 valence electrons. The highest BCUT2D eigenvalue weighted by Crippen LogP contribution is 2.29. The van der Waals surface area contributed by atoms with Gasteiger partial charge in [0.1, 0.15) is 17.1 Å². The van der Waals surface area contributed by atoms with Gasteiger partial charge in [0.05, 0.1) is 17.1 Å². The van der Waals surface area contributed by atoms with Crippen LogP contribution in [0.25, 0.3) is 16.4 Å². The second-order valence-corrected chi connectivity index (χ2v) is 7.60. The molecule has 0 radical (unpaired) electrons. The summed E-state index contributed by atoms with van der Waals surface area (Å²) in [6.45, 7) is 3.24. The minimum absolute atomic E-state index is 0.0675.